The van der Waals surface area contributed by atoms with Crippen LogP contribution in [0.1, 0.15) is 5.56 Å². The highest BCUT2D eigenvalue weighted by Gasteiger charge is 1.96. The van der Waals surface area contributed by atoms with Crippen molar-refractivity contribution in [3.63, 3.8) is 0 Å². The predicted octanol–water partition coefficient (Wildman–Crippen LogP) is 0.597. The molecule has 0 aliphatic heterocycles. The van der Waals surface area contributed by atoms with Crippen molar-refractivity contribution in [1.82, 2.24) is 4.37 Å². The van der Waals surface area contributed by atoms with Crippen LogP contribution >= 0.6 is 11.5 Å². The Balaban J connectivity index is 3.15. The van der Waals surface area contributed by atoms with Crippen LogP contribution in [-0.4, -0.2) is 4.37 Å². The van der Waals surface area contributed by atoms with Gasteiger partial charge in [-0.2, -0.15) is 9.64 Å². The van der Waals surface area contributed by atoms with E-state index in [2.05, 4.69) is 4.37 Å². The number of anilines is 1. The van der Waals surface area contributed by atoms with E-state index in [0.717, 1.165) is 11.5 Å². The van der Waals surface area contributed by atoms with E-state index in [4.69, 9.17) is 11.0 Å². The maximum absolute atomic E-state index is 8.24. The normalized spacial score (nSPS) is 8.38. The van der Waals surface area contributed by atoms with Gasteiger partial charge in [-0.1, -0.05) is 0 Å². The van der Waals surface area contributed by atoms with Crippen LogP contribution in [0.25, 0.3) is 0 Å². The summed E-state index contributed by atoms with van der Waals surface area (Å²) in [6.45, 7) is 0. The molecule has 4 heteroatoms. The first-order valence-electron chi connectivity index (χ1n) is 1.95. The minimum absolute atomic E-state index is 0.468. The first-order valence-corrected chi connectivity index (χ1v) is 2.72. The third kappa shape index (κ3) is 0.634. The van der Waals surface area contributed by atoms with Crippen molar-refractivity contribution in [3.05, 3.63) is 11.8 Å². The Morgan fingerprint density at radius 2 is 2.62 bits per heavy atom. The maximum Gasteiger partial charge on any atom is 0.124 e. The third-order valence-corrected chi connectivity index (χ3v) is 1.35. The molecule has 3 nitrogen and oxygen atoms in total. The number of rotatable bonds is 0. The Kier molecular flexibility index (Phi) is 1.14. The minimum Gasteiger partial charge on any atom is -0.388 e. The molecule has 0 aromatic carbocycles. The van der Waals surface area contributed by atoms with Crippen molar-refractivity contribution in [2.45, 2.75) is 0 Å². The summed E-state index contributed by atoms with van der Waals surface area (Å²) in [7, 11) is 0. The quantitative estimate of drug-likeness (QED) is 0.552. The lowest BCUT2D eigenvalue weighted by Gasteiger charge is -1.75. The molecule has 0 saturated carbocycles. The van der Waals surface area contributed by atoms with Crippen molar-refractivity contribution in [3.8, 4) is 6.07 Å². The van der Waals surface area contributed by atoms with Gasteiger partial charge in [-0.05, 0) is 11.5 Å². The third-order valence-electron chi connectivity index (χ3n) is 0.719. The van der Waals surface area contributed by atoms with Crippen molar-refractivity contribution in [2.24, 2.45) is 0 Å². The van der Waals surface area contributed by atoms with Crippen molar-refractivity contribution in [1.29, 1.82) is 5.26 Å². The average molecular weight is 125 g/mol. The highest BCUT2D eigenvalue weighted by Crippen LogP contribution is 2.12. The van der Waals surface area contributed by atoms with Crippen LogP contribution in [-0.2, 0) is 0 Å². The molecule has 1 heterocycles. The zero-order chi connectivity index (χ0) is 5.98. The molecule has 40 valence electrons. The molecule has 0 aliphatic carbocycles. The first-order chi connectivity index (χ1) is 3.84. The lowest BCUT2D eigenvalue weighted by Crippen LogP contribution is -1.80. The summed E-state index contributed by atoms with van der Waals surface area (Å²) in [5.74, 6) is 0. The van der Waals surface area contributed by atoms with E-state index in [-0.39, 0.29) is 0 Å². The van der Waals surface area contributed by atoms with Crippen LogP contribution in [0.3, 0.4) is 0 Å². The zero-order valence-corrected chi connectivity index (χ0v) is 4.77. The number of hydrogen-bond acceptors (Lipinski definition) is 4. The smallest absolute Gasteiger partial charge is 0.124 e. The molecule has 2 N–H and O–H groups in total. The Morgan fingerprint density at radius 1 is 1.88 bits per heavy atom. The SMILES string of the molecule is N#Cc1cnsc1N. The van der Waals surface area contributed by atoms with Gasteiger partial charge in [0.15, 0.2) is 0 Å². The molecule has 1 rings (SSSR count). The Labute approximate surface area is 50.5 Å². The Hall–Kier alpha value is -1.08. The molecule has 0 bridgehead atoms. The number of hydrogen-bond donors (Lipinski definition) is 1. The van der Waals surface area contributed by atoms with Crippen LogP contribution < -0.4 is 5.73 Å². The van der Waals surface area contributed by atoms with Gasteiger partial charge < -0.3 is 5.73 Å². The van der Waals surface area contributed by atoms with Crippen molar-refractivity contribution >= 4 is 16.5 Å². The summed E-state index contributed by atoms with van der Waals surface area (Å²) in [6.07, 6.45) is 1.46. The lowest BCUT2D eigenvalue weighted by molar-refractivity contribution is 1.48. The molecule has 0 spiro atoms. The van der Waals surface area contributed by atoms with Gasteiger partial charge in [0.1, 0.15) is 16.6 Å². The van der Waals surface area contributed by atoms with Crippen LogP contribution in [0.4, 0.5) is 5.00 Å². The zero-order valence-electron chi connectivity index (χ0n) is 3.96. The molecule has 0 unspecified atom stereocenters. The second kappa shape index (κ2) is 1.80. The molecule has 8 heavy (non-hydrogen) atoms. The van der Waals surface area contributed by atoms with Gasteiger partial charge in [0, 0.05) is 0 Å². The van der Waals surface area contributed by atoms with E-state index >= 15 is 0 Å². The topological polar surface area (TPSA) is 62.7 Å². The second-order valence-corrected chi connectivity index (χ2v) is 2.05. The lowest BCUT2D eigenvalue weighted by atomic mass is 10.4. The first kappa shape index (κ1) is 5.06. The minimum atomic E-state index is 0.468. The fraction of sp³-hybridized carbons (Fsp3) is 0. The van der Waals surface area contributed by atoms with Crippen molar-refractivity contribution < 1.29 is 0 Å². The summed E-state index contributed by atoms with van der Waals surface area (Å²) < 4.78 is 3.69. The van der Waals surface area contributed by atoms with Gasteiger partial charge in [-0.15, -0.1) is 0 Å². The summed E-state index contributed by atoms with van der Waals surface area (Å²) in [6, 6.07) is 1.90. The van der Waals surface area contributed by atoms with Gasteiger partial charge in [0.25, 0.3) is 0 Å². The monoisotopic (exact) mass is 125 g/mol. The summed E-state index contributed by atoms with van der Waals surface area (Å²) in [5, 5.41) is 8.74. The number of nitrogen functional groups attached to an aromatic ring is 1. The van der Waals surface area contributed by atoms with Gasteiger partial charge in [0.2, 0.25) is 0 Å². The maximum atomic E-state index is 8.24. The van der Waals surface area contributed by atoms with E-state index in [9.17, 15) is 0 Å². The molecule has 0 radical (unpaired) electrons. The molecule has 0 amide bonds. The number of nitrogens with zero attached hydrogens (tertiary/aromatic N) is 2. The molecule has 1 aromatic heterocycles. The van der Waals surface area contributed by atoms with E-state index in [1.165, 1.54) is 6.20 Å². The largest absolute Gasteiger partial charge is 0.388 e. The Morgan fingerprint density at radius 3 is 2.88 bits per heavy atom. The fourth-order valence-electron chi connectivity index (χ4n) is 0.333. The predicted molar refractivity (Wildman–Crippen MR) is 31.2 cm³/mol. The van der Waals surface area contributed by atoms with Crippen LogP contribution in [0, 0.1) is 11.3 Å². The second-order valence-electron chi connectivity index (χ2n) is 1.22. The van der Waals surface area contributed by atoms with E-state index < -0.39 is 0 Å². The Bertz CT molecular complexity index is 221. The molecule has 1 aromatic rings. The van der Waals surface area contributed by atoms with Gasteiger partial charge in [0.05, 0.1) is 6.20 Å². The summed E-state index contributed by atoms with van der Waals surface area (Å²) >= 11 is 1.13. The highest BCUT2D eigenvalue weighted by atomic mass is 32.1. The molecule has 0 atom stereocenters. The van der Waals surface area contributed by atoms with Gasteiger partial charge in [-0.3, -0.25) is 0 Å². The van der Waals surface area contributed by atoms with Crippen LogP contribution in [0.2, 0.25) is 0 Å². The van der Waals surface area contributed by atoms with Gasteiger partial charge >= 0.3 is 0 Å². The van der Waals surface area contributed by atoms with E-state index in [1.807, 2.05) is 6.07 Å². The molecule has 0 aliphatic rings. The average Bonchev–Trinajstić information content (AvgIpc) is 2.14. The van der Waals surface area contributed by atoms with E-state index in [0.29, 0.717) is 10.6 Å². The molecule has 0 saturated heterocycles. The number of aromatic nitrogens is 1. The van der Waals surface area contributed by atoms with Crippen molar-refractivity contribution in [2.75, 3.05) is 5.73 Å². The summed E-state index contributed by atoms with van der Waals surface area (Å²) in [5.41, 5.74) is 5.75. The number of nitriles is 1. The van der Waals surface area contributed by atoms with Crippen LogP contribution in [0.5, 0.6) is 0 Å². The molecule has 0 fully saturated rings. The summed E-state index contributed by atoms with van der Waals surface area (Å²) in [4.78, 5) is 0. The molecular weight excluding hydrogens is 122 g/mol. The highest BCUT2D eigenvalue weighted by molar-refractivity contribution is 7.10. The number of nitrogens with two attached hydrogens (primary N) is 1. The fourth-order valence-corrected chi connectivity index (χ4v) is 0.801. The standard InChI is InChI=1S/C4H3N3S/c5-1-3-2-7-8-4(3)6/h2H,6H2. The van der Waals surface area contributed by atoms with E-state index in [1.54, 1.807) is 0 Å². The molecular formula is C4H3N3S. The van der Waals surface area contributed by atoms with Gasteiger partial charge in [-0.25, -0.2) is 0 Å². The van der Waals surface area contributed by atoms with Crippen LogP contribution in [0.15, 0.2) is 6.20 Å².